The fourth-order valence-corrected chi connectivity index (χ4v) is 4.36. The average Bonchev–Trinajstić information content (AvgIpc) is 3.01. The molecule has 1 aromatic carbocycles. The number of amides is 1. The van der Waals surface area contributed by atoms with Crippen LogP contribution in [0.2, 0.25) is 0 Å². The molecule has 8 heteroatoms. The van der Waals surface area contributed by atoms with E-state index in [1.165, 1.54) is 11.3 Å². The van der Waals surface area contributed by atoms with Gasteiger partial charge in [-0.25, -0.2) is 13.4 Å². The van der Waals surface area contributed by atoms with Crippen molar-refractivity contribution in [1.82, 2.24) is 10.3 Å². The molecular weight excluding hydrogens is 346 g/mol. The molecule has 0 saturated carbocycles. The Morgan fingerprint density at radius 3 is 2.71 bits per heavy atom. The van der Waals surface area contributed by atoms with Crippen LogP contribution in [0.4, 0.5) is 0 Å². The summed E-state index contributed by atoms with van der Waals surface area (Å²) >= 11 is 1.40. The fourth-order valence-electron chi connectivity index (χ4n) is 2.14. The Morgan fingerprint density at radius 1 is 1.25 bits per heavy atom. The zero-order valence-corrected chi connectivity index (χ0v) is 14.9. The van der Waals surface area contributed by atoms with Gasteiger partial charge in [-0.3, -0.25) is 4.79 Å². The summed E-state index contributed by atoms with van der Waals surface area (Å²) in [5.41, 5.74) is 6.58. The molecule has 1 heterocycles. The van der Waals surface area contributed by atoms with Crippen LogP contribution in [0.25, 0.3) is 0 Å². The minimum Gasteiger partial charge on any atom is -0.351 e. The van der Waals surface area contributed by atoms with Crippen molar-refractivity contribution in [3.05, 3.63) is 52.0 Å². The van der Waals surface area contributed by atoms with Gasteiger partial charge in [0, 0.05) is 18.3 Å². The lowest BCUT2D eigenvalue weighted by Crippen LogP contribution is -2.26. The maximum absolute atomic E-state index is 12.1. The van der Waals surface area contributed by atoms with Crippen LogP contribution in [-0.4, -0.2) is 38.2 Å². The smallest absolute Gasteiger partial charge is 0.270 e. The molecule has 0 radical (unpaired) electrons. The van der Waals surface area contributed by atoms with E-state index < -0.39 is 9.84 Å². The molecule has 6 nitrogen and oxygen atoms in total. The summed E-state index contributed by atoms with van der Waals surface area (Å²) in [6.07, 6.45) is 1.02. The Bertz CT molecular complexity index is 758. The molecule has 0 unspecified atom stereocenters. The molecule has 130 valence electrons. The summed E-state index contributed by atoms with van der Waals surface area (Å²) in [4.78, 5) is 16.1. The molecule has 0 fully saturated rings. The van der Waals surface area contributed by atoms with Crippen LogP contribution >= 0.6 is 11.3 Å². The van der Waals surface area contributed by atoms with Crippen molar-refractivity contribution >= 4 is 27.1 Å². The van der Waals surface area contributed by atoms with E-state index in [-0.39, 0.29) is 17.4 Å². The van der Waals surface area contributed by atoms with E-state index in [1.807, 2.05) is 18.2 Å². The van der Waals surface area contributed by atoms with E-state index in [9.17, 15) is 13.2 Å². The van der Waals surface area contributed by atoms with Crippen molar-refractivity contribution in [1.29, 1.82) is 0 Å². The van der Waals surface area contributed by atoms with Gasteiger partial charge in [-0.1, -0.05) is 30.3 Å². The van der Waals surface area contributed by atoms with Gasteiger partial charge in [-0.2, -0.15) is 0 Å². The van der Waals surface area contributed by atoms with E-state index in [1.54, 1.807) is 17.5 Å². The Kier molecular flexibility index (Phi) is 6.89. The van der Waals surface area contributed by atoms with Crippen molar-refractivity contribution in [2.75, 3.05) is 18.8 Å². The van der Waals surface area contributed by atoms with Crippen LogP contribution in [-0.2, 0) is 22.0 Å². The number of carbonyl (C=O) groups excluding carboxylic acids is 1. The van der Waals surface area contributed by atoms with E-state index in [2.05, 4.69) is 10.3 Å². The SMILES string of the molecule is NCCc1nc(C(=O)NCCCS(=O)(=O)Cc2ccccc2)cs1. The zero-order valence-electron chi connectivity index (χ0n) is 13.3. The van der Waals surface area contributed by atoms with Gasteiger partial charge in [0.05, 0.1) is 16.5 Å². The first kappa shape index (κ1) is 18.6. The highest BCUT2D eigenvalue weighted by atomic mass is 32.2. The van der Waals surface area contributed by atoms with Crippen LogP contribution in [0.1, 0.15) is 27.5 Å². The van der Waals surface area contributed by atoms with E-state index in [0.717, 1.165) is 10.6 Å². The first-order valence-electron chi connectivity index (χ1n) is 7.67. The van der Waals surface area contributed by atoms with E-state index in [0.29, 0.717) is 31.6 Å². The van der Waals surface area contributed by atoms with Gasteiger partial charge in [0.1, 0.15) is 5.69 Å². The number of nitrogens with zero attached hydrogens (tertiary/aromatic N) is 1. The van der Waals surface area contributed by atoms with E-state index in [4.69, 9.17) is 5.73 Å². The maximum atomic E-state index is 12.1. The molecule has 3 N–H and O–H groups in total. The Labute approximate surface area is 146 Å². The van der Waals surface area contributed by atoms with Gasteiger partial charge in [0.25, 0.3) is 5.91 Å². The largest absolute Gasteiger partial charge is 0.351 e. The number of nitrogens with two attached hydrogens (primary N) is 1. The third-order valence-electron chi connectivity index (χ3n) is 3.29. The normalized spacial score (nSPS) is 11.4. The van der Waals surface area contributed by atoms with Gasteiger partial charge in [0.2, 0.25) is 0 Å². The Balaban J connectivity index is 1.74. The van der Waals surface area contributed by atoms with Crippen LogP contribution in [0.5, 0.6) is 0 Å². The minimum absolute atomic E-state index is 0.0241. The van der Waals surface area contributed by atoms with Gasteiger partial charge < -0.3 is 11.1 Å². The second kappa shape index (κ2) is 8.91. The van der Waals surface area contributed by atoms with Crippen molar-refractivity contribution in [3.63, 3.8) is 0 Å². The average molecular weight is 367 g/mol. The van der Waals surface area contributed by atoms with Crippen LogP contribution in [0.15, 0.2) is 35.7 Å². The number of carbonyl (C=O) groups is 1. The monoisotopic (exact) mass is 367 g/mol. The fraction of sp³-hybridized carbons (Fsp3) is 0.375. The standard InChI is InChI=1S/C16H21N3O3S2/c17-8-7-15-19-14(11-23-15)16(20)18-9-4-10-24(21,22)12-13-5-2-1-3-6-13/h1-3,5-6,11H,4,7-10,12,17H2,(H,18,20). The summed E-state index contributed by atoms with van der Waals surface area (Å²) in [5.74, 6) is -0.219. The molecule has 24 heavy (non-hydrogen) atoms. The molecule has 1 aromatic heterocycles. The zero-order chi connectivity index (χ0) is 17.4. The lowest BCUT2D eigenvalue weighted by atomic mass is 10.2. The highest BCUT2D eigenvalue weighted by Gasteiger charge is 2.13. The van der Waals surface area contributed by atoms with Crippen LogP contribution in [0.3, 0.4) is 0 Å². The summed E-state index contributed by atoms with van der Waals surface area (Å²) in [6, 6.07) is 9.07. The number of thiazole rings is 1. The number of hydrogen-bond acceptors (Lipinski definition) is 6. The topological polar surface area (TPSA) is 102 Å². The molecule has 0 atom stereocenters. The van der Waals surface area contributed by atoms with Crippen molar-refractivity contribution in [2.24, 2.45) is 5.73 Å². The molecule has 0 saturated heterocycles. The number of hydrogen-bond donors (Lipinski definition) is 2. The second-order valence-electron chi connectivity index (χ2n) is 5.35. The number of nitrogens with one attached hydrogen (secondary N) is 1. The first-order valence-corrected chi connectivity index (χ1v) is 10.4. The maximum Gasteiger partial charge on any atom is 0.270 e. The molecule has 0 aliphatic rings. The summed E-state index contributed by atoms with van der Waals surface area (Å²) in [6.45, 7) is 0.796. The Hall–Kier alpha value is -1.77. The van der Waals surface area contributed by atoms with Gasteiger partial charge in [-0.05, 0) is 18.5 Å². The molecule has 1 amide bonds. The quantitative estimate of drug-likeness (QED) is 0.652. The summed E-state index contributed by atoms with van der Waals surface area (Å²) in [7, 11) is -3.18. The predicted molar refractivity (Wildman–Crippen MR) is 95.8 cm³/mol. The lowest BCUT2D eigenvalue weighted by molar-refractivity contribution is 0.0949. The molecule has 2 aromatic rings. The summed E-state index contributed by atoms with van der Waals surface area (Å²) in [5, 5.41) is 5.21. The Morgan fingerprint density at radius 2 is 2.00 bits per heavy atom. The van der Waals surface area contributed by atoms with Crippen LogP contribution < -0.4 is 11.1 Å². The third kappa shape index (κ3) is 6.03. The first-order chi connectivity index (χ1) is 11.5. The number of benzene rings is 1. The van der Waals surface area contributed by atoms with Crippen molar-refractivity contribution in [3.8, 4) is 0 Å². The molecule has 0 aliphatic heterocycles. The highest BCUT2D eigenvalue weighted by molar-refractivity contribution is 7.90. The highest BCUT2D eigenvalue weighted by Crippen LogP contribution is 2.10. The number of rotatable bonds is 9. The predicted octanol–water partition coefficient (Wildman–Crippen LogP) is 1.38. The van der Waals surface area contributed by atoms with Crippen molar-refractivity contribution < 1.29 is 13.2 Å². The van der Waals surface area contributed by atoms with E-state index >= 15 is 0 Å². The molecule has 0 bridgehead atoms. The van der Waals surface area contributed by atoms with Crippen molar-refractivity contribution in [2.45, 2.75) is 18.6 Å². The molecular formula is C16H21N3O3S2. The second-order valence-corrected chi connectivity index (χ2v) is 8.48. The molecule has 0 aliphatic carbocycles. The lowest BCUT2D eigenvalue weighted by Gasteiger charge is -2.05. The number of sulfone groups is 1. The van der Waals surface area contributed by atoms with Gasteiger partial charge in [0.15, 0.2) is 9.84 Å². The van der Waals surface area contributed by atoms with Gasteiger partial charge >= 0.3 is 0 Å². The van der Waals surface area contributed by atoms with Crippen LogP contribution in [0, 0.1) is 0 Å². The third-order valence-corrected chi connectivity index (χ3v) is 5.88. The number of aromatic nitrogens is 1. The van der Waals surface area contributed by atoms with Gasteiger partial charge in [-0.15, -0.1) is 11.3 Å². The molecule has 2 rings (SSSR count). The minimum atomic E-state index is -3.18. The summed E-state index contributed by atoms with van der Waals surface area (Å²) < 4.78 is 24.1. The molecule has 0 spiro atoms.